The topological polar surface area (TPSA) is 97.4 Å². The molecule has 35 heavy (non-hydrogen) atoms. The number of imidazole rings is 1. The summed E-state index contributed by atoms with van der Waals surface area (Å²) in [4.78, 5) is 38.4. The zero-order valence-electron chi connectivity index (χ0n) is 19.4. The molecule has 1 spiro atoms. The van der Waals surface area contributed by atoms with Crippen molar-refractivity contribution in [2.75, 3.05) is 0 Å². The number of halogens is 1. The number of nitrogens with zero attached hydrogens (tertiary/aromatic N) is 4. The van der Waals surface area contributed by atoms with Gasteiger partial charge in [0.1, 0.15) is 16.2 Å². The van der Waals surface area contributed by atoms with Gasteiger partial charge in [0.15, 0.2) is 17.5 Å². The number of carbonyl (C=O) groups excluding carboxylic acids is 1. The Kier molecular flexibility index (Phi) is 5.59. The van der Waals surface area contributed by atoms with Crippen LogP contribution < -0.4 is 0 Å². The maximum atomic E-state index is 12.7. The molecule has 2 heterocycles. The zero-order chi connectivity index (χ0) is 24.2. The van der Waals surface area contributed by atoms with Crippen molar-refractivity contribution in [2.45, 2.75) is 68.2 Å². The lowest BCUT2D eigenvalue weighted by molar-refractivity contribution is -0.138. The number of aliphatic carboxylic acids is 1. The Hall–Kier alpha value is -2.87. The third-order valence-corrected chi connectivity index (χ3v) is 8.58. The SMILES string of the molecule is O=C(O)[C@H](Cc1ccc(-n2c(C3CC3)nc3cccnc32)cc1)N=C1C(Br)C(=O)C12CCCCC2. The number of pyridine rings is 1. The summed E-state index contributed by atoms with van der Waals surface area (Å²) in [5.74, 6) is 0.701. The summed E-state index contributed by atoms with van der Waals surface area (Å²) in [6.07, 6.45) is 9.00. The van der Waals surface area contributed by atoms with Gasteiger partial charge in [-0.15, -0.1) is 0 Å². The number of carboxylic acid groups (broad SMARTS) is 1. The van der Waals surface area contributed by atoms with E-state index in [9.17, 15) is 14.7 Å². The average Bonchev–Trinajstić information content (AvgIpc) is 3.66. The molecule has 2 atom stereocenters. The summed E-state index contributed by atoms with van der Waals surface area (Å²) in [5, 5.41) is 9.94. The second-order valence-electron chi connectivity index (χ2n) is 10.0. The van der Waals surface area contributed by atoms with Gasteiger partial charge < -0.3 is 5.11 Å². The number of alkyl halides is 1. The van der Waals surface area contributed by atoms with Crippen LogP contribution in [0.4, 0.5) is 0 Å². The highest BCUT2D eigenvalue weighted by atomic mass is 79.9. The number of carboxylic acids is 1. The molecular weight excluding hydrogens is 508 g/mol. The molecule has 3 aromatic rings. The van der Waals surface area contributed by atoms with Gasteiger partial charge in [-0.2, -0.15) is 0 Å². The highest BCUT2D eigenvalue weighted by Gasteiger charge is 2.58. The van der Waals surface area contributed by atoms with Gasteiger partial charge in [0.2, 0.25) is 0 Å². The lowest BCUT2D eigenvalue weighted by Crippen LogP contribution is -2.61. The van der Waals surface area contributed by atoms with Gasteiger partial charge in [-0.1, -0.05) is 47.3 Å². The summed E-state index contributed by atoms with van der Waals surface area (Å²) in [5.41, 5.74) is 3.78. The predicted molar refractivity (Wildman–Crippen MR) is 137 cm³/mol. The van der Waals surface area contributed by atoms with Crippen LogP contribution in [0.15, 0.2) is 47.6 Å². The van der Waals surface area contributed by atoms with E-state index in [1.54, 1.807) is 6.20 Å². The van der Waals surface area contributed by atoms with Crippen molar-refractivity contribution < 1.29 is 14.7 Å². The molecule has 8 heteroatoms. The fourth-order valence-corrected chi connectivity index (χ4v) is 6.66. The van der Waals surface area contributed by atoms with Gasteiger partial charge >= 0.3 is 5.97 Å². The molecule has 2 aromatic heterocycles. The highest BCUT2D eigenvalue weighted by molar-refractivity contribution is 9.10. The second kappa shape index (κ2) is 8.66. The molecule has 3 aliphatic rings. The fourth-order valence-electron chi connectivity index (χ4n) is 5.66. The minimum Gasteiger partial charge on any atom is -0.480 e. The van der Waals surface area contributed by atoms with Gasteiger partial charge in [0.25, 0.3) is 0 Å². The Morgan fingerprint density at radius 1 is 1.17 bits per heavy atom. The van der Waals surface area contributed by atoms with Crippen LogP contribution in [-0.2, 0) is 16.0 Å². The molecule has 0 amide bonds. The van der Waals surface area contributed by atoms with E-state index in [0.29, 0.717) is 5.92 Å². The van der Waals surface area contributed by atoms with E-state index in [4.69, 9.17) is 4.98 Å². The lowest BCUT2D eigenvalue weighted by atomic mass is 9.58. The number of carbonyl (C=O) groups is 2. The van der Waals surface area contributed by atoms with E-state index in [2.05, 4.69) is 30.5 Å². The molecule has 1 aromatic carbocycles. The minimum atomic E-state index is -0.965. The maximum Gasteiger partial charge on any atom is 0.328 e. The van der Waals surface area contributed by atoms with Gasteiger partial charge in [0.05, 0.1) is 5.41 Å². The number of hydrogen-bond acceptors (Lipinski definition) is 5. The Morgan fingerprint density at radius 3 is 2.60 bits per heavy atom. The van der Waals surface area contributed by atoms with Gasteiger partial charge in [-0.05, 0) is 55.5 Å². The van der Waals surface area contributed by atoms with Crippen LogP contribution >= 0.6 is 15.9 Å². The molecule has 3 fully saturated rings. The first kappa shape index (κ1) is 22.6. The molecule has 3 saturated carbocycles. The van der Waals surface area contributed by atoms with Crippen LogP contribution in [0.3, 0.4) is 0 Å². The minimum absolute atomic E-state index is 0.164. The lowest BCUT2D eigenvalue weighted by Gasteiger charge is -2.47. The number of Topliss-reactive ketones (excluding diaryl/α,β-unsaturated/α-hetero) is 1. The van der Waals surface area contributed by atoms with Crippen molar-refractivity contribution in [2.24, 2.45) is 10.4 Å². The number of aliphatic imine (C=N–C) groups is 1. The highest BCUT2D eigenvalue weighted by Crippen LogP contribution is 2.49. The summed E-state index contributed by atoms with van der Waals surface area (Å²) in [7, 11) is 0. The Balaban J connectivity index is 1.28. The van der Waals surface area contributed by atoms with E-state index in [0.717, 1.165) is 78.9 Å². The summed E-state index contributed by atoms with van der Waals surface area (Å²) in [6.45, 7) is 0. The van der Waals surface area contributed by atoms with Crippen molar-refractivity contribution in [1.29, 1.82) is 0 Å². The summed E-state index contributed by atoms with van der Waals surface area (Å²) in [6, 6.07) is 10.9. The summed E-state index contributed by atoms with van der Waals surface area (Å²) < 4.78 is 2.12. The second-order valence-corrected chi connectivity index (χ2v) is 11.0. The van der Waals surface area contributed by atoms with Crippen LogP contribution in [0.25, 0.3) is 16.9 Å². The molecule has 1 N–H and O–H groups in total. The Morgan fingerprint density at radius 2 is 1.91 bits per heavy atom. The number of benzene rings is 1. The van der Waals surface area contributed by atoms with Crippen molar-refractivity contribution in [1.82, 2.24) is 14.5 Å². The number of fused-ring (bicyclic) bond motifs is 1. The molecule has 7 nitrogen and oxygen atoms in total. The van der Waals surface area contributed by atoms with E-state index < -0.39 is 22.3 Å². The monoisotopic (exact) mass is 534 g/mol. The van der Waals surface area contributed by atoms with E-state index >= 15 is 0 Å². The van der Waals surface area contributed by atoms with Crippen molar-refractivity contribution in [3.05, 3.63) is 54.0 Å². The van der Waals surface area contributed by atoms with Gasteiger partial charge in [0, 0.05) is 29.9 Å². The van der Waals surface area contributed by atoms with Crippen LogP contribution in [0.5, 0.6) is 0 Å². The largest absolute Gasteiger partial charge is 0.480 e. The molecule has 0 radical (unpaired) electrons. The first-order valence-corrected chi connectivity index (χ1v) is 13.3. The van der Waals surface area contributed by atoms with Crippen molar-refractivity contribution >= 4 is 44.6 Å². The Labute approximate surface area is 211 Å². The molecular formula is C27H27BrN4O3. The van der Waals surface area contributed by atoms with E-state index in [1.165, 1.54) is 0 Å². The van der Waals surface area contributed by atoms with Crippen LogP contribution in [0.1, 0.15) is 62.3 Å². The van der Waals surface area contributed by atoms with Gasteiger partial charge in [-0.3, -0.25) is 14.4 Å². The number of ketones is 1. The smallest absolute Gasteiger partial charge is 0.328 e. The molecule has 0 aliphatic heterocycles. The molecule has 1 unspecified atom stereocenters. The number of aromatic nitrogens is 3. The zero-order valence-corrected chi connectivity index (χ0v) is 20.9. The van der Waals surface area contributed by atoms with Crippen LogP contribution in [-0.4, -0.2) is 48.0 Å². The Bertz CT molecular complexity index is 1340. The fraction of sp³-hybridized carbons (Fsp3) is 0.444. The normalized spacial score (nSPS) is 23.5. The standard InChI is InChI=1S/C27H27BrN4O3/c28-21-22(27(23(21)33)12-2-1-3-13-27)30-20(26(34)35)15-16-6-10-18(11-7-16)32-24(17-8-9-17)31-19-5-4-14-29-25(19)32/h4-7,10-11,14,17,20-21H,1-3,8-9,12-13,15H2,(H,34,35)/t20-,21?/m0/s1. The quantitative estimate of drug-likeness (QED) is 0.447. The van der Waals surface area contributed by atoms with E-state index in [1.807, 2.05) is 36.4 Å². The van der Waals surface area contributed by atoms with Gasteiger partial charge in [-0.25, -0.2) is 14.8 Å². The first-order chi connectivity index (χ1) is 17.0. The first-order valence-electron chi connectivity index (χ1n) is 12.4. The maximum absolute atomic E-state index is 12.7. The van der Waals surface area contributed by atoms with Crippen molar-refractivity contribution in [3.63, 3.8) is 0 Å². The van der Waals surface area contributed by atoms with Crippen molar-refractivity contribution in [3.8, 4) is 5.69 Å². The number of rotatable bonds is 6. The van der Waals surface area contributed by atoms with Crippen LogP contribution in [0.2, 0.25) is 0 Å². The third-order valence-electron chi connectivity index (χ3n) is 7.73. The molecule has 3 aliphatic carbocycles. The third kappa shape index (κ3) is 3.82. The molecule has 180 valence electrons. The number of hydrogen-bond donors (Lipinski definition) is 1. The molecule has 6 rings (SSSR count). The summed E-state index contributed by atoms with van der Waals surface area (Å²) >= 11 is 3.45. The average molecular weight is 535 g/mol. The molecule has 0 bridgehead atoms. The van der Waals surface area contributed by atoms with Crippen LogP contribution in [0, 0.1) is 5.41 Å². The predicted octanol–water partition coefficient (Wildman–Crippen LogP) is 5.03. The van der Waals surface area contributed by atoms with E-state index in [-0.39, 0.29) is 12.2 Å². The molecule has 0 saturated heterocycles.